The first-order valence-electron chi connectivity index (χ1n) is 10.8. The van der Waals surface area contributed by atoms with Gasteiger partial charge in [0.25, 0.3) is 0 Å². The van der Waals surface area contributed by atoms with Crippen molar-refractivity contribution in [1.82, 2.24) is 10.2 Å². The molecule has 2 saturated heterocycles. The van der Waals surface area contributed by atoms with Gasteiger partial charge in [0.2, 0.25) is 17.7 Å². The molecule has 3 amide bonds. The van der Waals surface area contributed by atoms with Gasteiger partial charge in [0.05, 0.1) is 22.5 Å². The Morgan fingerprint density at radius 2 is 1.84 bits per heavy atom. The van der Waals surface area contributed by atoms with Crippen LogP contribution in [0.5, 0.6) is 5.75 Å². The summed E-state index contributed by atoms with van der Waals surface area (Å²) in [5.41, 5.74) is 0.618. The molecule has 3 aliphatic heterocycles. The van der Waals surface area contributed by atoms with Crippen molar-refractivity contribution >= 4 is 35.0 Å². The molecule has 5 rings (SSSR count). The molecular formula is C24H24ClN3O4. The largest absolute Gasteiger partial charge is 0.508 e. The van der Waals surface area contributed by atoms with E-state index >= 15 is 0 Å². The topological polar surface area (TPSA) is 98.7 Å². The number of fused-ring (bicyclic) bond motifs is 4. The SMILES string of the molecule is CCC(C)N1C(=O)C2C(Cc3ccc(O)cc3)NC3(C(=O)Nc4c(Cl)cccc43)C2C1=O. The van der Waals surface area contributed by atoms with Gasteiger partial charge in [-0.2, -0.15) is 0 Å². The molecule has 3 heterocycles. The number of phenolic OH excluding ortho intramolecular Hbond substituents is 1. The molecule has 3 aliphatic rings. The van der Waals surface area contributed by atoms with Gasteiger partial charge in [0.1, 0.15) is 11.3 Å². The Kier molecular flexibility index (Phi) is 4.80. The fraction of sp³-hybridized carbons (Fsp3) is 0.375. The van der Waals surface area contributed by atoms with E-state index in [4.69, 9.17) is 11.6 Å². The first-order chi connectivity index (χ1) is 15.3. The summed E-state index contributed by atoms with van der Waals surface area (Å²) in [4.78, 5) is 42.0. The average molecular weight is 454 g/mol. The number of amides is 3. The second-order valence-electron chi connectivity index (χ2n) is 8.85. The Balaban J connectivity index is 1.64. The number of likely N-dealkylation sites (tertiary alicyclic amines) is 1. The number of nitrogens with one attached hydrogen (secondary N) is 2. The van der Waals surface area contributed by atoms with Crippen LogP contribution in [0.15, 0.2) is 42.5 Å². The lowest BCUT2D eigenvalue weighted by Crippen LogP contribution is -2.54. The Bertz CT molecular complexity index is 1130. The number of imide groups is 1. The normalized spacial score (nSPS) is 29.4. The van der Waals surface area contributed by atoms with Gasteiger partial charge in [-0.05, 0) is 43.5 Å². The number of rotatable bonds is 4. The summed E-state index contributed by atoms with van der Waals surface area (Å²) in [5.74, 6) is -2.32. The van der Waals surface area contributed by atoms with Crippen molar-refractivity contribution in [2.75, 3.05) is 5.32 Å². The number of benzene rings is 2. The zero-order chi connectivity index (χ0) is 22.8. The fourth-order valence-corrected chi connectivity index (χ4v) is 5.72. The van der Waals surface area contributed by atoms with Gasteiger partial charge in [-0.1, -0.05) is 42.8 Å². The van der Waals surface area contributed by atoms with Gasteiger partial charge in [-0.25, -0.2) is 0 Å². The molecule has 0 aliphatic carbocycles. The molecule has 1 spiro atoms. The van der Waals surface area contributed by atoms with Gasteiger partial charge >= 0.3 is 0 Å². The van der Waals surface area contributed by atoms with Gasteiger partial charge in [0, 0.05) is 17.6 Å². The van der Waals surface area contributed by atoms with Crippen molar-refractivity contribution in [2.45, 2.75) is 44.3 Å². The maximum atomic E-state index is 13.7. The first-order valence-corrected chi connectivity index (χ1v) is 11.2. The minimum Gasteiger partial charge on any atom is -0.508 e. The number of aromatic hydroxyl groups is 1. The van der Waals surface area contributed by atoms with E-state index in [1.165, 1.54) is 4.90 Å². The van der Waals surface area contributed by atoms with Crippen molar-refractivity contribution < 1.29 is 19.5 Å². The number of para-hydroxylation sites is 1. The maximum absolute atomic E-state index is 13.7. The number of phenols is 1. The summed E-state index contributed by atoms with van der Waals surface area (Å²) in [6.45, 7) is 3.78. The Labute approximate surface area is 190 Å². The van der Waals surface area contributed by atoms with E-state index in [9.17, 15) is 19.5 Å². The number of carbonyl (C=O) groups is 3. The minimum atomic E-state index is -1.36. The van der Waals surface area contributed by atoms with E-state index in [0.29, 0.717) is 29.1 Å². The highest BCUT2D eigenvalue weighted by Crippen LogP contribution is 2.54. The van der Waals surface area contributed by atoms with Crippen LogP contribution in [0.1, 0.15) is 31.4 Å². The van der Waals surface area contributed by atoms with E-state index in [-0.39, 0.29) is 29.5 Å². The Morgan fingerprint density at radius 1 is 1.12 bits per heavy atom. The molecule has 2 aromatic carbocycles. The number of halogens is 1. The summed E-state index contributed by atoms with van der Waals surface area (Å²) < 4.78 is 0. The molecule has 0 bridgehead atoms. The predicted molar refractivity (Wildman–Crippen MR) is 119 cm³/mol. The van der Waals surface area contributed by atoms with Crippen LogP contribution in [0, 0.1) is 11.8 Å². The molecule has 2 aromatic rings. The lowest BCUT2D eigenvalue weighted by molar-refractivity contribution is -0.145. The van der Waals surface area contributed by atoms with Gasteiger partial charge in [-0.15, -0.1) is 0 Å². The molecule has 7 nitrogen and oxygen atoms in total. The van der Waals surface area contributed by atoms with Crippen LogP contribution in [-0.4, -0.2) is 39.8 Å². The summed E-state index contributed by atoms with van der Waals surface area (Å²) in [6, 6.07) is 11.3. The molecule has 0 radical (unpaired) electrons. The molecule has 3 N–H and O–H groups in total. The number of hydrogen-bond donors (Lipinski definition) is 3. The number of anilines is 1. The molecule has 8 heteroatoms. The summed E-state index contributed by atoms with van der Waals surface area (Å²) in [6.07, 6.45) is 1.06. The quantitative estimate of drug-likeness (QED) is 0.618. The van der Waals surface area contributed by atoms with Crippen molar-refractivity contribution in [2.24, 2.45) is 11.8 Å². The summed E-state index contributed by atoms with van der Waals surface area (Å²) >= 11 is 6.36. The van der Waals surface area contributed by atoms with Crippen molar-refractivity contribution in [3.63, 3.8) is 0 Å². The Hall–Kier alpha value is -2.90. The minimum absolute atomic E-state index is 0.149. The number of nitrogens with zero attached hydrogens (tertiary/aromatic N) is 1. The molecule has 5 atom stereocenters. The third-order valence-electron chi connectivity index (χ3n) is 7.16. The first kappa shape index (κ1) is 21.0. The summed E-state index contributed by atoms with van der Waals surface area (Å²) in [7, 11) is 0. The molecule has 0 aromatic heterocycles. The molecule has 166 valence electrons. The lowest BCUT2D eigenvalue weighted by atomic mass is 9.76. The van der Waals surface area contributed by atoms with E-state index in [2.05, 4.69) is 10.6 Å². The van der Waals surface area contributed by atoms with Gasteiger partial charge in [0.15, 0.2) is 0 Å². The molecule has 0 saturated carbocycles. The second-order valence-corrected chi connectivity index (χ2v) is 9.26. The highest BCUT2D eigenvalue weighted by atomic mass is 35.5. The third kappa shape index (κ3) is 2.74. The van der Waals surface area contributed by atoms with Crippen LogP contribution in [0.4, 0.5) is 5.69 Å². The monoisotopic (exact) mass is 453 g/mol. The highest BCUT2D eigenvalue weighted by molar-refractivity contribution is 6.35. The van der Waals surface area contributed by atoms with Crippen LogP contribution in [0.25, 0.3) is 0 Å². The van der Waals surface area contributed by atoms with E-state index in [0.717, 1.165) is 5.56 Å². The second kappa shape index (κ2) is 7.32. The highest BCUT2D eigenvalue weighted by Gasteiger charge is 2.70. The average Bonchev–Trinajstić information content (AvgIpc) is 3.35. The smallest absolute Gasteiger partial charge is 0.250 e. The predicted octanol–water partition coefficient (Wildman–Crippen LogP) is 2.81. The number of hydrogen-bond acceptors (Lipinski definition) is 5. The van der Waals surface area contributed by atoms with E-state index in [1.807, 2.05) is 13.8 Å². The van der Waals surface area contributed by atoms with Crippen LogP contribution in [0.2, 0.25) is 5.02 Å². The van der Waals surface area contributed by atoms with Crippen molar-refractivity contribution in [3.05, 3.63) is 58.6 Å². The fourth-order valence-electron chi connectivity index (χ4n) is 5.49. The van der Waals surface area contributed by atoms with Crippen molar-refractivity contribution in [1.29, 1.82) is 0 Å². The zero-order valence-corrected chi connectivity index (χ0v) is 18.5. The van der Waals surface area contributed by atoms with Gasteiger partial charge < -0.3 is 10.4 Å². The van der Waals surface area contributed by atoms with Crippen LogP contribution < -0.4 is 10.6 Å². The van der Waals surface area contributed by atoms with Crippen molar-refractivity contribution in [3.8, 4) is 5.75 Å². The van der Waals surface area contributed by atoms with Crippen LogP contribution in [-0.2, 0) is 26.3 Å². The summed E-state index contributed by atoms with van der Waals surface area (Å²) in [5, 5.41) is 16.3. The molecule has 5 unspecified atom stereocenters. The number of carbonyl (C=O) groups excluding carboxylic acids is 3. The maximum Gasteiger partial charge on any atom is 0.250 e. The van der Waals surface area contributed by atoms with Crippen LogP contribution in [0.3, 0.4) is 0 Å². The van der Waals surface area contributed by atoms with E-state index < -0.39 is 23.4 Å². The molecule has 32 heavy (non-hydrogen) atoms. The zero-order valence-electron chi connectivity index (χ0n) is 17.8. The van der Waals surface area contributed by atoms with Crippen LogP contribution >= 0.6 is 11.6 Å². The molecular weight excluding hydrogens is 430 g/mol. The Morgan fingerprint density at radius 3 is 2.53 bits per heavy atom. The molecule has 2 fully saturated rings. The standard InChI is InChI=1S/C24H24ClN3O4/c1-3-12(2)28-21(30)18-17(11-13-7-9-14(29)10-8-13)27-24(19(18)22(28)31)15-5-4-6-16(25)20(15)26-23(24)32/h4-10,12,17-19,27,29H,3,11H2,1-2H3,(H,26,32). The third-order valence-corrected chi connectivity index (χ3v) is 7.47. The van der Waals surface area contributed by atoms with E-state index in [1.54, 1.807) is 42.5 Å². The van der Waals surface area contributed by atoms with Gasteiger partial charge in [-0.3, -0.25) is 24.6 Å². The lowest BCUT2D eigenvalue weighted by Gasteiger charge is -2.31.